The maximum Gasteiger partial charge on any atom is 0.132 e. The van der Waals surface area contributed by atoms with Crippen LogP contribution in [-0.4, -0.2) is 11.6 Å². The van der Waals surface area contributed by atoms with Gasteiger partial charge in [-0.25, -0.2) is 0 Å². The van der Waals surface area contributed by atoms with E-state index in [2.05, 4.69) is 13.8 Å². The van der Waals surface area contributed by atoms with Crippen LogP contribution in [0.25, 0.3) is 0 Å². The Labute approximate surface area is 120 Å². The molecule has 0 heterocycles. The fourth-order valence-corrected chi connectivity index (χ4v) is 1.62. The topological polar surface area (TPSA) is 34.1 Å². The summed E-state index contributed by atoms with van der Waals surface area (Å²) < 4.78 is 0. The van der Waals surface area contributed by atoms with Crippen LogP contribution < -0.4 is 0 Å². The second kappa shape index (κ2) is 13.8. The molecule has 2 unspecified atom stereocenters. The number of ketones is 2. The molecule has 0 aromatic heterocycles. The molecule has 0 aliphatic rings. The van der Waals surface area contributed by atoms with E-state index in [4.69, 9.17) is 0 Å². The lowest BCUT2D eigenvalue weighted by molar-refractivity contribution is -0.121. The van der Waals surface area contributed by atoms with Gasteiger partial charge in [0, 0.05) is 11.8 Å². The molecule has 0 aromatic rings. The second-order valence-electron chi connectivity index (χ2n) is 5.66. The van der Waals surface area contributed by atoms with Gasteiger partial charge in [-0.1, -0.05) is 59.8 Å². The van der Waals surface area contributed by atoms with Gasteiger partial charge in [-0.05, 0) is 26.7 Å². The van der Waals surface area contributed by atoms with E-state index in [0.717, 1.165) is 12.8 Å². The molecule has 2 heteroatoms. The molecule has 0 radical (unpaired) electrons. The molecule has 2 atom stereocenters. The van der Waals surface area contributed by atoms with Gasteiger partial charge in [0.25, 0.3) is 0 Å². The van der Waals surface area contributed by atoms with Crippen LogP contribution in [0, 0.1) is 11.8 Å². The molecule has 114 valence electrons. The molecular formula is C17H34O2. The van der Waals surface area contributed by atoms with Crippen LogP contribution in [0.5, 0.6) is 0 Å². The van der Waals surface area contributed by atoms with E-state index in [9.17, 15) is 9.59 Å². The number of hydrogen-bond donors (Lipinski definition) is 0. The molecule has 0 saturated heterocycles. The minimum Gasteiger partial charge on any atom is -0.300 e. The monoisotopic (exact) mass is 270 g/mol. The minimum atomic E-state index is 0.282. The van der Waals surface area contributed by atoms with Gasteiger partial charge in [-0.3, -0.25) is 9.59 Å². The molecule has 0 N–H and O–H groups in total. The SMILES string of the molecule is CCCCC(C)C(C)=O.CCCCCC(C)C(C)=O. The molecule has 0 fully saturated rings. The largest absolute Gasteiger partial charge is 0.300 e. The first kappa shape index (κ1) is 20.7. The van der Waals surface area contributed by atoms with Crippen molar-refractivity contribution in [2.45, 2.75) is 86.5 Å². The average molecular weight is 270 g/mol. The molecule has 0 aromatic carbocycles. The van der Waals surface area contributed by atoms with Gasteiger partial charge in [0.1, 0.15) is 11.6 Å². The Bertz CT molecular complexity index is 233. The second-order valence-corrected chi connectivity index (χ2v) is 5.66. The Morgan fingerprint density at radius 3 is 1.42 bits per heavy atom. The summed E-state index contributed by atoms with van der Waals surface area (Å²) in [6, 6.07) is 0. The highest BCUT2D eigenvalue weighted by Crippen LogP contribution is 2.09. The lowest BCUT2D eigenvalue weighted by Crippen LogP contribution is -2.05. The van der Waals surface area contributed by atoms with Crippen molar-refractivity contribution in [3.63, 3.8) is 0 Å². The number of Topliss-reactive ketones (excluding diaryl/α,β-unsaturated/α-hetero) is 2. The van der Waals surface area contributed by atoms with Crippen LogP contribution in [-0.2, 0) is 9.59 Å². The van der Waals surface area contributed by atoms with Crippen molar-refractivity contribution in [1.82, 2.24) is 0 Å². The fraction of sp³-hybridized carbons (Fsp3) is 0.882. The molecular weight excluding hydrogens is 236 g/mol. The summed E-state index contributed by atoms with van der Waals surface area (Å²) in [6.45, 7) is 11.7. The van der Waals surface area contributed by atoms with Gasteiger partial charge in [0.15, 0.2) is 0 Å². The highest BCUT2D eigenvalue weighted by atomic mass is 16.1. The lowest BCUT2D eigenvalue weighted by Gasteiger charge is -2.04. The van der Waals surface area contributed by atoms with E-state index in [1.54, 1.807) is 13.8 Å². The molecule has 0 rings (SSSR count). The summed E-state index contributed by atoms with van der Waals surface area (Å²) in [5.74, 6) is 1.22. The number of carbonyl (C=O) groups is 2. The van der Waals surface area contributed by atoms with Crippen LogP contribution in [0.3, 0.4) is 0 Å². The van der Waals surface area contributed by atoms with E-state index < -0.39 is 0 Å². The summed E-state index contributed by atoms with van der Waals surface area (Å²) in [5.41, 5.74) is 0. The molecule has 0 saturated carbocycles. The summed E-state index contributed by atoms with van der Waals surface area (Å²) in [5, 5.41) is 0. The van der Waals surface area contributed by atoms with Gasteiger partial charge < -0.3 is 0 Å². The van der Waals surface area contributed by atoms with E-state index in [1.807, 2.05) is 13.8 Å². The van der Waals surface area contributed by atoms with Gasteiger partial charge in [0.2, 0.25) is 0 Å². The lowest BCUT2D eigenvalue weighted by atomic mass is 10.0. The number of unbranched alkanes of at least 4 members (excludes halogenated alkanes) is 3. The Morgan fingerprint density at radius 1 is 0.737 bits per heavy atom. The highest BCUT2D eigenvalue weighted by Gasteiger charge is 2.05. The quantitative estimate of drug-likeness (QED) is 0.540. The fourth-order valence-electron chi connectivity index (χ4n) is 1.62. The highest BCUT2D eigenvalue weighted by molar-refractivity contribution is 5.78. The van der Waals surface area contributed by atoms with Crippen LogP contribution in [0.1, 0.15) is 86.5 Å². The van der Waals surface area contributed by atoms with Crippen molar-refractivity contribution in [1.29, 1.82) is 0 Å². The standard InChI is InChI=1S/C9H18O.C8H16O/c1-4-5-6-7-8(2)9(3)10;1-4-5-6-7(2)8(3)9/h8H,4-7H2,1-3H3;7H,4-6H2,1-3H3. The Hall–Kier alpha value is -0.660. The maximum atomic E-state index is 10.7. The zero-order valence-electron chi connectivity index (χ0n) is 13.9. The Kier molecular flexibility index (Phi) is 15.0. The Morgan fingerprint density at radius 2 is 1.11 bits per heavy atom. The third-order valence-corrected chi connectivity index (χ3v) is 3.62. The molecule has 0 aliphatic heterocycles. The number of hydrogen-bond acceptors (Lipinski definition) is 2. The number of carbonyl (C=O) groups excluding carboxylic acids is 2. The third kappa shape index (κ3) is 15.3. The van der Waals surface area contributed by atoms with E-state index in [0.29, 0.717) is 11.6 Å². The van der Waals surface area contributed by atoms with Gasteiger partial charge in [0.05, 0.1) is 0 Å². The van der Waals surface area contributed by atoms with Gasteiger partial charge >= 0.3 is 0 Å². The first-order valence-corrected chi connectivity index (χ1v) is 7.87. The number of rotatable bonds is 9. The van der Waals surface area contributed by atoms with Crippen molar-refractivity contribution in [2.75, 3.05) is 0 Å². The third-order valence-electron chi connectivity index (χ3n) is 3.62. The van der Waals surface area contributed by atoms with E-state index >= 15 is 0 Å². The van der Waals surface area contributed by atoms with Crippen LogP contribution >= 0.6 is 0 Å². The van der Waals surface area contributed by atoms with Gasteiger partial charge in [-0.2, -0.15) is 0 Å². The summed E-state index contributed by atoms with van der Waals surface area (Å²) in [7, 11) is 0. The predicted molar refractivity (Wildman–Crippen MR) is 83.4 cm³/mol. The zero-order valence-corrected chi connectivity index (χ0v) is 13.9. The molecule has 2 nitrogen and oxygen atoms in total. The molecule has 0 amide bonds. The van der Waals surface area contributed by atoms with Gasteiger partial charge in [-0.15, -0.1) is 0 Å². The van der Waals surface area contributed by atoms with Crippen molar-refractivity contribution in [3.8, 4) is 0 Å². The first-order valence-electron chi connectivity index (χ1n) is 7.87. The molecule has 0 spiro atoms. The zero-order chi connectivity index (χ0) is 15.3. The van der Waals surface area contributed by atoms with Crippen molar-refractivity contribution in [3.05, 3.63) is 0 Å². The average Bonchev–Trinajstić information content (AvgIpc) is 2.36. The molecule has 0 aliphatic carbocycles. The molecule has 0 bridgehead atoms. The van der Waals surface area contributed by atoms with Crippen LogP contribution in [0.15, 0.2) is 0 Å². The van der Waals surface area contributed by atoms with E-state index in [-0.39, 0.29) is 11.8 Å². The first-order chi connectivity index (χ1) is 8.86. The van der Waals surface area contributed by atoms with Crippen molar-refractivity contribution < 1.29 is 9.59 Å². The summed E-state index contributed by atoms with van der Waals surface area (Å²) >= 11 is 0. The van der Waals surface area contributed by atoms with Crippen molar-refractivity contribution in [2.24, 2.45) is 11.8 Å². The maximum absolute atomic E-state index is 10.7. The Balaban J connectivity index is 0. The normalized spacial score (nSPS) is 13.2. The summed E-state index contributed by atoms with van der Waals surface area (Å²) in [4.78, 5) is 21.4. The minimum absolute atomic E-state index is 0.282. The molecule has 19 heavy (non-hydrogen) atoms. The van der Waals surface area contributed by atoms with E-state index in [1.165, 1.54) is 32.1 Å². The van der Waals surface area contributed by atoms with Crippen LogP contribution in [0.4, 0.5) is 0 Å². The smallest absolute Gasteiger partial charge is 0.132 e. The summed E-state index contributed by atoms with van der Waals surface area (Å²) in [6.07, 6.45) is 8.22. The van der Waals surface area contributed by atoms with Crippen molar-refractivity contribution >= 4 is 11.6 Å². The predicted octanol–water partition coefficient (Wildman–Crippen LogP) is 5.19. The van der Waals surface area contributed by atoms with Crippen LogP contribution in [0.2, 0.25) is 0 Å².